The molecule has 0 aromatic heterocycles. The van der Waals surface area contributed by atoms with Crippen LogP contribution in [-0.2, 0) is 14.2 Å². The predicted molar refractivity (Wildman–Crippen MR) is 75.2 cm³/mol. The average molecular weight is 262 g/mol. The summed E-state index contributed by atoms with van der Waals surface area (Å²) in [6.07, 6.45) is 7.74. The molecule has 0 aliphatic rings. The van der Waals surface area contributed by atoms with Crippen LogP contribution in [0.2, 0.25) is 0 Å². The minimum Gasteiger partial charge on any atom is -0.331 e. The van der Waals surface area contributed by atoms with Crippen molar-refractivity contribution in [3.8, 4) is 0 Å². The first-order valence-corrected chi connectivity index (χ1v) is 8.28. The van der Waals surface area contributed by atoms with Gasteiger partial charge in [-0.25, -0.2) is 0 Å². The fourth-order valence-corrected chi connectivity index (χ4v) is 2.32. The molecular weight excluding hydrogens is 232 g/mol. The van der Waals surface area contributed by atoms with E-state index in [1.54, 1.807) is 0 Å². The van der Waals surface area contributed by atoms with E-state index in [0.717, 1.165) is 16.7 Å². The second kappa shape index (κ2) is 12.6. The van der Waals surface area contributed by atoms with Gasteiger partial charge in [-0.3, -0.25) is 0 Å². The molecule has 0 bridgehead atoms. The first-order valence-electron chi connectivity index (χ1n) is 7.13. The van der Waals surface area contributed by atoms with Gasteiger partial charge in [-0.05, 0) is 20.3 Å². The molecule has 0 aliphatic carbocycles. The molecule has 0 radical (unpaired) electrons. The second-order valence-corrected chi connectivity index (χ2v) is 5.64. The Morgan fingerprint density at radius 1 is 0.882 bits per heavy atom. The summed E-state index contributed by atoms with van der Waals surface area (Å²) in [7, 11) is 1.04. The number of ether oxygens (including phenoxy) is 3. The molecule has 4 heteroatoms. The van der Waals surface area contributed by atoms with Crippen molar-refractivity contribution in [2.75, 3.05) is 13.2 Å². The van der Waals surface area contributed by atoms with Gasteiger partial charge in [-0.2, -0.15) is 0 Å². The van der Waals surface area contributed by atoms with Gasteiger partial charge in [-0.15, -0.1) is 0 Å². The summed E-state index contributed by atoms with van der Waals surface area (Å²) in [6, 6.07) is 0. The third-order valence-corrected chi connectivity index (χ3v) is 3.51. The van der Waals surface area contributed by atoms with Crippen LogP contribution in [0.15, 0.2) is 0 Å². The molecule has 104 valence electrons. The summed E-state index contributed by atoms with van der Waals surface area (Å²) in [6.45, 7) is 6.98. The maximum atomic E-state index is 5.76. The van der Waals surface area contributed by atoms with E-state index in [-0.39, 0.29) is 0 Å². The van der Waals surface area contributed by atoms with E-state index in [0.29, 0.717) is 18.9 Å². The summed E-state index contributed by atoms with van der Waals surface area (Å²) < 4.78 is 16.5. The van der Waals surface area contributed by atoms with Crippen LogP contribution in [0.5, 0.6) is 0 Å². The quantitative estimate of drug-likeness (QED) is 0.307. The Balaban J connectivity index is 3.55. The zero-order chi connectivity index (χ0) is 12.9. The second-order valence-electron chi connectivity index (χ2n) is 4.35. The molecule has 0 heterocycles. The predicted octanol–water partition coefficient (Wildman–Crippen LogP) is 2.41. The maximum absolute atomic E-state index is 5.76. The number of unbranched alkanes of at least 4 members (excludes halogenated alkanes) is 4. The van der Waals surface area contributed by atoms with E-state index < -0.39 is 6.48 Å². The lowest BCUT2D eigenvalue weighted by Gasteiger charge is -2.21. The average Bonchev–Trinajstić information content (AvgIpc) is 2.29. The SMILES string of the molecule is CCCCCCCC([SiH3])OC(OCC)OCC. The smallest absolute Gasteiger partial charge is 0.271 e. The Kier molecular flexibility index (Phi) is 12.6. The molecule has 0 rings (SSSR count). The van der Waals surface area contributed by atoms with Crippen LogP contribution in [0, 0.1) is 0 Å². The fraction of sp³-hybridized carbons (Fsp3) is 1.00. The number of hydrogen-bond donors (Lipinski definition) is 0. The van der Waals surface area contributed by atoms with Gasteiger partial charge in [0.1, 0.15) is 0 Å². The molecule has 0 amide bonds. The molecule has 1 unspecified atom stereocenters. The van der Waals surface area contributed by atoms with E-state index >= 15 is 0 Å². The Hall–Kier alpha value is 0.0969. The van der Waals surface area contributed by atoms with Crippen molar-refractivity contribution in [2.45, 2.75) is 71.5 Å². The molecule has 0 saturated carbocycles. The van der Waals surface area contributed by atoms with Crippen LogP contribution in [-0.4, -0.2) is 35.7 Å². The lowest BCUT2D eigenvalue weighted by atomic mass is 10.1. The molecule has 0 spiro atoms. The summed E-state index contributed by atoms with van der Waals surface area (Å²) in [4.78, 5) is 0. The zero-order valence-electron chi connectivity index (χ0n) is 12.0. The van der Waals surface area contributed by atoms with Gasteiger partial charge in [-0.1, -0.05) is 39.0 Å². The van der Waals surface area contributed by atoms with Crippen molar-refractivity contribution >= 4 is 10.2 Å². The molecule has 17 heavy (non-hydrogen) atoms. The van der Waals surface area contributed by atoms with Crippen LogP contribution >= 0.6 is 0 Å². The van der Waals surface area contributed by atoms with E-state index in [4.69, 9.17) is 14.2 Å². The standard InChI is InChI=1S/C13H30O3Si/c1-4-7-8-9-10-11-12(17)16-13(14-5-2)15-6-3/h12-13H,4-11H2,1-3,17H3. The normalized spacial score (nSPS) is 13.4. The first kappa shape index (κ1) is 17.1. The fourth-order valence-electron chi connectivity index (χ4n) is 1.69. The largest absolute Gasteiger partial charge is 0.331 e. The van der Waals surface area contributed by atoms with Gasteiger partial charge >= 0.3 is 0 Å². The van der Waals surface area contributed by atoms with E-state index in [1.807, 2.05) is 13.8 Å². The van der Waals surface area contributed by atoms with E-state index in [9.17, 15) is 0 Å². The van der Waals surface area contributed by atoms with Crippen molar-refractivity contribution in [3.05, 3.63) is 0 Å². The molecule has 0 aromatic rings. The van der Waals surface area contributed by atoms with Gasteiger partial charge in [0.25, 0.3) is 6.48 Å². The Labute approximate surface area is 110 Å². The molecule has 0 aromatic carbocycles. The van der Waals surface area contributed by atoms with Gasteiger partial charge in [0.05, 0.1) is 0 Å². The van der Waals surface area contributed by atoms with Crippen molar-refractivity contribution in [1.29, 1.82) is 0 Å². The van der Waals surface area contributed by atoms with Gasteiger partial charge in [0, 0.05) is 29.2 Å². The van der Waals surface area contributed by atoms with E-state index in [1.165, 1.54) is 32.1 Å². The third-order valence-electron chi connectivity index (χ3n) is 2.66. The van der Waals surface area contributed by atoms with Crippen LogP contribution in [0.3, 0.4) is 0 Å². The third kappa shape index (κ3) is 10.9. The summed E-state index contributed by atoms with van der Waals surface area (Å²) in [5, 5.41) is 0. The van der Waals surface area contributed by atoms with Crippen LogP contribution in [0.4, 0.5) is 0 Å². The van der Waals surface area contributed by atoms with Crippen molar-refractivity contribution < 1.29 is 14.2 Å². The molecule has 0 saturated heterocycles. The van der Waals surface area contributed by atoms with Crippen LogP contribution in [0.25, 0.3) is 0 Å². The lowest BCUT2D eigenvalue weighted by Crippen LogP contribution is -2.27. The molecule has 0 fully saturated rings. The summed E-state index contributed by atoms with van der Waals surface area (Å²) >= 11 is 0. The first-order chi connectivity index (χ1) is 8.24. The molecule has 0 aliphatic heterocycles. The highest BCUT2D eigenvalue weighted by Crippen LogP contribution is 2.10. The molecular formula is C13H30O3Si. The van der Waals surface area contributed by atoms with Crippen LogP contribution in [0.1, 0.15) is 59.3 Å². The Morgan fingerprint density at radius 3 is 2.00 bits per heavy atom. The van der Waals surface area contributed by atoms with Gasteiger partial charge in [0.15, 0.2) is 0 Å². The summed E-state index contributed by atoms with van der Waals surface area (Å²) in [5.41, 5.74) is 0.347. The van der Waals surface area contributed by atoms with Crippen molar-refractivity contribution in [3.63, 3.8) is 0 Å². The van der Waals surface area contributed by atoms with Gasteiger partial charge in [0.2, 0.25) is 0 Å². The number of hydrogen-bond acceptors (Lipinski definition) is 3. The molecule has 1 atom stereocenters. The van der Waals surface area contributed by atoms with Gasteiger partial charge < -0.3 is 14.2 Å². The molecule has 0 N–H and O–H groups in total. The topological polar surface area (TPSA) is 27.7 Å². The highest BCUT2D eigenvalue weighted by Gasteiger charge is 2.12. The van der Waals surface area contributed by atoms with Crippen molar-refractivity contribution in [1.82, 2.24) is 0 Å². The zero-order valence-corrected chi connectivity index (χ0v) is 14.0. The highest BCUT2D eigenvalue weighted by molar-refractivity contribution is 6.10. The molecule has 3 nitrogen and oxygen atoms in total. The Morgan fingerprint density at radius 2 is 1.47 bits per heavy atom. The lowest BCUT2D eigenvalue weighted by molar-refractivity contribution is -0.291. The number of rotatable bonds is 12. The van der Waals surface area contributed by atoms with Crippen molar-refractivity contribution in [2.24, 2.45) is 0 Å². The summed E-state index contributed by atoms with van der Waals surface area (Å²) in [5.74, 6) is 0. The maximum Gasteiger partial charge on any atom is 0.271 e. The Bertz CT molecular complexity index is 150. The highest BCUT2D eigenvalue weighted by atomic mass is 28.1. The minimum atomic E-state index is -0.455. The monoisotopic (exact) mass is 262 g/mol. The van der Waals surface area contributed by atoms with Crippen LogP contribution < -0.4 is 0 Å². The van der Waals surface area contributed by atoms with E-state index in [2.05, 4.69) is 6.92 Å². The minimum absolute atomic E-state index is 0.347.